The van der Waals surface area contributed by atoms with E-state index in [0.29, 0.717) is 17.4 Å². The minimum Gasteiger partial charge on any atom is -0.465 e. The van der Waals surface area contributed by atoms with Crippen molar-refractivity contribution in [1.82, 2.24) is 19.3 Å². The zero-order chi connectivity index (χ0) is 17.3. The summed E-state index contributed by atoms with van der Waals surface area (Å²) < 4.78 is 7.45. The maximum Gasteiger partial charge on any atom is 0.337 e. The summed E-state index contributed by atoms with van der Waals surface area (Å²) in [5.41, 5.74) is -0.378. The van der Waals surface area contributed by atoms with E-state index >= 15 is 0 Å². The molecule has 0 saturated heterocycles. The van der Waals surface area contributed by atoms with E-state index in [-0.39, 0.29) is 11.6 Å². The average Bonchev–Trinajstić information content (AvgIpc) is 3.06. The summed E-state index contributed by atoms with van der Waals surface area (Å²) in [7, 11) is 1.27. The van der Waals surface area contributed by atoms with Gasteiger partial charge in [0.2, 0.25) is 0 Å². The predicted octanol–water partition coefficient (Wildman–Crippen LogP) is 0.934. The zero-order valence-electron chi connectivity index (χ0n) is 13.2. The second-order valence-electron chi connectivity index (χ2n) is 5.43. The highest BCUT2D eigenvalue weighted by Gasteiger charge is 2.15. The van der Waals surface area contributed by atoms with Gasteiger partial charge < -0.3 is 9.72 Å². The molecule has 24 heavy (non-hydrogen) atoms. The van der Waals surface area contributed by atoms with Crippen LogP contribution >= 0.6 is 0 Å². The number of methoxy groups -OCH3 is 1. The molecule has 0 amide bonds. The van der Waals surface area contributed by atoms with Crippen molar-refractivity contribution in [3.8, 4) is 0 Å². The third-order valence-corrected chi connectivity index (χ3v) is 3.80. The van der Waals surface area contributed by atoms with Crippen molar-refractivity contribution in [3.05, 3.63) is 63.1 Å². The van der Waals surface area contributed by atoms with Gasteiger partial charge in [0.05, 0.1) is 36.2 Å². The van der Waals surface area contributed by atoms with Crippen LogP contribution in [0.3, 0.4) is 0 Å². The number of aromatic amines is 1. The molecule has 8 nitrogen and oxygen atoms in total. The number of rotatable bonds is 4. The maximum atomic E-state index is 12.7. The highest BCUT2D eigenvalue weighted by molar-refractivity contribution is 5.93. The molecular weight excluding hydrogens is 312 g/mol. The van der Waals surface area contributed by atoms with Gasteiger partial charge in [-0.3, -0.25) is 14.0 Å². The van der Waals surface area contributed by atoms with Crippen molar-refractivity contribution in [2.24, 2.45) is 0 Å². The number of carbonyl (C=O) groups excluding carboxylic acids is 1. The number of carbonyl (C=O) groups is 1. The van der Waals surface area contributed by atoms with Crippen molar-refractivity contribution in [1.29, 1.82) is 0 Å². The Kier molecular flexibility index (Phi) is 4.03. The Bertz CT molecular complexity index is 1000. The predicted molar refractivity (Wildman–Crippen MR) is 87.1 cm³/mol. The van der Waals surface area contributed by atoms with Crippen LogP contribution in [0.1, 0.15) is 23.3 Å². The molecule has 0 saturated carbocycles. The molecule has 1 unspecified atom stereocenters. The van der Waals surface area contributed by atoms with E-state index in [9.17, 15) is 14.4 Å². The third kappa shape index (κ3) is 2.73. The van der Waals surface area contributed by atoms with Gasteiger partial charge in [0.25, 0.3) is 5.56 Å². The Morgan fingerprint density at radius 3 is 2.83 bits per heavy atom. The molecule has 0 bridgehead atoms. The number of aromatic nitrogens is 4. The summed E-state index contributed by atoms with van der Waals surface area (Å²) in [4.78, 5) is 39.2. The maximum absolute atomic E-state index is 12.7. The van der Waals surface area contributed by atoms with Gasteiger partial charge >= 0.3 is 11.7 Å². The number of ether oxygens (including phenoxy) is 1. The minimum atomic E-state index is -0.533. The van der Waals surface area contributed by atoms with Crippen LogP contribution in [0.2, 0.25) is 0 Å². The number of hydrogen-bond acceptors (Lipinski definition) is 5. The lowest BCUT2D eigenvalue weighted by molar-refractivity contribution is 0.0601. The van der Waals surface area contributed by atoms with Gasteiger partial charge in [-0.25, -0.2) is 9.59 Å². The molecule has 124 valence electrons. The lowest BCUT2D eigenvalue weighted by Gasteiger charge is -2.15. The Balaban J connectivity index is 2.08. The molecule has 0 fully saturated rings. The lowest BCUT2D eigenvalue weighted by atomic mass is 10.1. The highest BCUT2D eigenvalue weighted by atomic mass is 16.5. The molecule has 1 N–H and O–H groups in total. The molecular formula is C16H16N4O4. The number of nitrogens with one attached hydrogen (secondary N) is 1. The summed E-state index contributed by atoms with van der Waals surface area (Å²) in [5.74, 6) is -0.533. The van der Waals surface area contributed by atoms with Crippen LogP contribution in [0, 0.1) is 0 Å². The third-order valence-electron chi connectivity index (χ3n) is 3.80. The quantitative estimate of drug-likeness (QED) is 0.718. The second-order valence-corrected chi connectivity index (χ2v) is 5.43. The van der Waals surface area contributed by atoms with E-state index in [0.717, 1.165) is 4.57 Å². The van der Waals surface area contributed by atoms with Crippen LogP contribution < -0.4 is 11.2 Å². The number of nitrogens with zero attached hydrogens (tertiary/aromatic N) is 3. The number of fused-ring (bicyclic) bond motifs is 1. The smallest absolute Gasteiger partial charge is 0.337 e. The van der Waals surface area contributed by atoms with Crippen LogP contribution in [0.25, 0.3) is 10.9 Å². The Morgan fingerprint density at radius 2 is 2.17 bits per heavy atom. The van der Waals surface area contributed by atoms with E-state index in [1.807, 2.05) is 0 Å². The molecule has 2 heterocycles. The number of hydrogen-bond donors (Lipinski definition) is 1. The summed E-state index contributed by atoms with van der Waals surface area (Å²) in [6.07, 6.45) is 3.40. The molecule has 1 atom stereocenters. The van der Waals surface area contributed by atoms with E-state index in [2.05, 4.69) is 14.8 Å². The van der Waals surface area contributed by atoms with Gasteiger partial charge in [-0.2, -0.15) is 5.10 Å². The first-order chi connectivity index (χ1) is 11.5. The fraction of sp³-hybridized carbons (Fsp3) is 0.250. The van der Waals surface area contributed by atoms with Crippen molar-refractivity contribution < 1.29 is 9.53 Å². The summed E-state index contributed by atoms with van der Waals surface area (Å²) in [6.45, 7) is 2.16. The fourth-order valence-electron chi connectivity index (χ4n) is 2.64. The molecule has 0 aliphatic rings. The normalized spacial score (nSPS) is 12.2. The molecule has 2 aromatic heterocycles. The van der Waals surface area contributed by atoms with Crippen LogP contribution in [0.15, 0.2) is 46.2 Å². The largest absolute Gasteiger partial charge is 0.465 e. The van der Waals surface area contributed by atoms with Gasteiger partial charge in [0, 0.05) is 12.4 Å². The number of esters is 1. The standard InChI is InChI=1S/C16H16N4O4/c1-10(9-19-7-3-6-17-19)20-14(21)12-5-4-11(15(22)24-2)8-13(12)18-16(20)23/h3-8,10H,9H2,1-2H3,(H,18,23). The average molecular weight is 328 g/mol. The van der Waals surface area contributed by atoms with E-state index in [1.54, 1.807) is 30.1 Å². The van der Waals surface area contributed by atoms with E-state index in [4.69, 9.17) is 0 Å². The van der Waals surface area contributed by atoms with Gasteiger partial charge in [0.15, 0.2) is 0 Å². The fourth-order valence-corrected chi connectivity index (χ4v) is 2.64. The molecule has 0 aliphatic heterocycles. The van der Waals surface area contributed by atoms with Gasteiger partial charge in [0.1, 0.15) is 0 Å². The molecule has 8 heteroatoms. The van der Waals surface area contributed by atoms with Crippen molar-refractivity contribution in [2.45, 2.75) is 19.5 Å². The van der Waals surface area contributed by atoms with Crippen LogP contribution in [-0.4, -0.2) is 32.4 Å². The molecule has 3 rings (SSSR count). The molecule has 0 spiro atoms. The molecule has 3 aromatic rings. The first kappa shape index (κ1) is 15.7. The first-order valence-corrected chi connectivity index (χ1v) is 7.35. The topological polar surface area (TPSA) is 99.0 Å². The SMILES string of the molecule is COC(=O)c1ccc2c(=O)n(C(C)Cn3cccn3)c(=O)[nH]c2c1. The second kappa shape index (κ2) is 6.15. The van der Waals surface area contributed by atoms with Crippen LogP contribution in [-0.2, 0) is 11.3 Å². The molecule has 1 aromatic carbocycles. The summed E-state index contributed by atoms with van der Waals surface area (Å²) in [5, 5.41) is 4.41. The Morgan fingerprint density at radius 1 is 1.38 bits per heavy atom. The highest BCUT2D eigenvalue weighted by Crippen LogP contribution is 2.11. The number of H-pyrrole nitrogens is 1. The van der Waals surface area contributed by atoms with Crippen LogP contribution in [0.5, 0.6) is 0 Å². The minimum absolute atomic E-state index is 0.266. The van der Waals surface area contributed by atoms with E-state index < -0.39 is 17.2 Å². The van der Waals surface area contributed by atoms with Crippen LogP contribution in [0.4, 0.5) is 0 Å². The molecule has 0 radical (unpaired) electrons. The first-order valence-electron chi connectivity index (χ1n) is 7.35. The Hall–Kier alpha value is -3.16. The van der Waals surface area contributed by atoms with Crippen molar-refractivity contribution in [3.63, 3.8) is 0 Å². The Labute approximate surface area is 136 Å². The van der Waals surface area contributed by atoms with Gasteiger partial charge in [-0.15, -0.1) is 0 Å². The summed E-state index contributed by atoms with van der Waals surface area (Å²) >= 11 is 0. The van der Waals surface area contributed by atoms with Crippen molar-refractivity contribution >= 4 is 16.9 Å². The zero-order valence-corrected chi connectivity index (χ0v) is 13.2. The van der Waals surface area contributed by atoms with E-state index in [1.165, 1.54) is 25.3 Å². The number of benzene rings is 1. The lowest BCUT2D eigenvalue weighted by Crippen LogP contribution is -2.38. The molecule has 0 aliphatic carbocycles. The van der Waals surface area contributed by atoms with Gasteiger partial charge in [-0.05, 0) is 31.2 Å². The van der Waals surface area contributed by atoms with Gasteiger partial charge in [-0.1, -0.05) is 0 Å². The van der Waals surface area contributed by atoms with Crippen molar-refractivity contribution in [2.75, 3.05) is 7.11 Å². The monoisotopic (exact) mass is 328 g/mol. The summed E-state index contributed by atoms with van der Waals surface area (Å²) in [6, 6.07) is 5.83.